The zero-order valence-electron chi connectivity index (χ0n) is 13.2. The summed E-state index contributed by atoms with van der Waals surface area (Å²) in [6, 6.07) is 9.92. The number of likely N-dealkylation sites (tertiary alicyclic amines) is 2. The van der Waals surface area contributed by atoms with Gasteiger partial charge in [-0.3, -0.25) is 9.69 Å². The van der Waals surface area contributed by atoms with Crippen molar-refractivity contribution in [1.29, 1.82) is 0 Å². The fourth-order valence-electron chi connectivity index (χ4n) is 3.58. The molecule has 1 N–H and O–H groups in total. The van der Waals surface area contributed by atoms with E-state index >= 15 is 0 Å². The maximum atomic E-state index is 13.1. The molecule has 120 valence electrons. The lowest BCUT2D eigenvalue weighted by molar-refractivity contribution is -0.139. The maximum Gasteiger partial charge on any atom is 0.244 e. The lowest BCUT2D eigenvalue weighted by atomic mass is 9.98. The smallest absolute Gasteiger partial charge is 0.244 e. The van der Waals surface area contributed by atoms with Gasteiger partial charge >= 0.3 is 0 Å². The number of aliphatic hydroxyl groups excluding tert-OH is 1. The van der Waals surface area contributed by atoms with E-state index in [2.05, 4.69) is 17.0 Å². The standard InChI is InChI=1S/C18H26N2O2/c21-16-9-13-19(14-10-16)17(15-7-3-1-4-8-15)18(22)20-11-5-2-6-12-20/h1,3-4,7-8,16-17,21H,2,5-6,9-14H2/t17-/m0/s1. The van der Waals surface area contributed by atoms with Crippen molar-refractivity contribution in [2.45, 2.75) is 44.2 Å². The maximum absolute atomic E-state index is 13.1. The third-order valence-electron chi connectivity index (χ3n) is 4.88. The molecule has 0 saturated carbocycles. The molecular weight excluding hydrogens is 276 g/mol. The largest absolute Gasteiger partial charge is 0.393 e. The molecule has 2 aliphatic rings. The minimum absolute atomic E-state index is 0.188. The molecule has 3 rings (SSSR count). The fourth-order valence-corrected chi connectivity index (χ4v) is 3.58. The third-order valence-corrected chi connectivity index (χ3v) is 4.88. The van der Waals surface area contributed by atoms with Crippen LogP contribution < -0.4 is 0 Å². The Morgan fingerprint density at radius 1 is 1.00 bits per heavy atom. The van der Waals surface area contributed by atoms with Crippen molar-refractivity contribution < 1.29 is 9.90 Å². The predicted octanol–water partition coefficient (Wildman–Crippen LogP) is 2.20. The number of rotatable bonds is 3. The number of nitrogens with zero attached hydrogens (tertiary/aromatic N) is 2. The molecule has 2 fully saturated rings. The summed E-state index contributed by atoms with van der Waals surface area (Å²) in [7, 11) is 0. The molecule has 4 nitrogen and oxygen atoms in total. The normalized spacial score (nSPS) is 22.5. The van der Waals surface area contributed by atoms with Gasteiger partial charge in [-0.2, -0.15) is 0 Å². The van der Waals surface area contributed by atoms with Crippen LogP contribution in [0.1, 0.15) is 43.7 Å². The van der Waals surface area contributed by atoms with Crippen molar-refractivity contribution in [3.8, 4) is 0 Å². The Morgan fingerprint density at radius 3 is 2.27 bits per heavy atom. The molecule has 4 heteroatoms. The van der Waals surface area contributed by atoms with E-state index in [0.717, 1.165) is 57.4 Å². The van der Waals surface area contributed by atoms with E-state index in [1.165, 1.54) is 6.42 Å². The van der Waals surface area contributed by atoms with Crippen molar-refractivity contribution in [2.75, 3.05) is 26.2 Å². The molecule has 2 saturated heterocycles. The Kier molecular flexibility index (Phi) is 5.11. The van der Waals surface area contributed by atoms with Crippen LogP contribution >= 0.6 is 0 Å². The first-order valence-electron chi connectivity index (χ1n) is 8.51. The zero-order valence-corrected chi connectivity index (χ0v) is 13.2. The summed E-state index contributed by atoms with van der Waals surface area (Å²) in [6.07, 6.45) is 4.78. The SMILES string of the molecule is O=C([C@H](c1ccccc1)N1CCC(O)CC1)N1CCCCC1. The molecule has 0 aliphatic carbocycles. The highest BCUT2D eigenvalue weighted by atomic mass is 16.3. The average Bonchev–Trinajstić information content (AvgIpc) is 2.58. The van der Waals surface area contributed by atoms with E-state index < -0.39 is 0 Å². The van der Waals surface area contributed by atoms with Gasteiger partial charge < -0.3 is 10.0 Å². The Bertz CT molecular complexity index is 477. The van der Waals surface area contributed by atoms with Crippen LogP contribution in [0.15, 0.2) is 30.3 Å². The van der Waals surface area contributed by atoms with Gasteiger partial charge in [-0.1, -0.05) is 30.3 Å². The highest BCUT2D eigenvalue weighted by Gasteiger charge is 2.33. The number of carbonyl (C=O) groups is 1. The lowest BCUT2D eigenvalue weighted by Crippen LogP contribution is -2.47. The molecule has 2 heterocycles. The molecule has 0 unspecified atom stereocenters. The van der Waals surface area contributed by atoms with Crippen LogP contribution in [-0.2, 0) is 4.79 Å². The molecule has 0 spiro atoms. The van der Waals surface area contributed by atoms with Crippen molar-refractivity contribution in [2.24, 2.45) is 0 Å². The minimum Gasteiger partial charge on any atom is -0.393 e. The number of carbonyl (C=O) groups excluding carboxylic acids is 1. The van der Waals surface area contributed by atoms with E-state index in [1.807, 2.05) is 23.1 Å². The van der Waals surface area contributed by atoms with Gasteiger partial charge in [-0.05, 0) is 37.7 Å². The van der Waals surface area contributed by atoms with Crippen LogP contribution in [0.4, 0.5) is 0 Å². The summed E-state index contributed by atoms with van der Waals surface area (Å²) in [5.74, 6) is 0.238. The highest BCUT2D eigenvalue weighted by Crippen LogP contribution is 2.28. The second kappa shape index (κ2) is 7.25. The monoisotopic (exact) mass is 302 g/mol. The highest BCUT2D eigenvalue weighted by molar-refractivity contribution is 5.83. The summed E-state index contributed by atoms with van der Waals surface area (Å²) >= 11 is 0. The first-order chi connectivity index (χ1) is 10.8. The molecule has 0 bridgehead atoms. The number of benzene rings is 1. The van der Waals surface area contributed by atoms with Gasteiger partial charge in [0.15, 0.2) is 0 Å². The van der Waals surface area contributed by atoms with Crippen molar-refractivity contribution in [1.82, 2.24) is 9.80 Å². The van der Waals surface area contributed by atoms with Crippen molar-refractivity contribution in [3.05, 3.63) is 35.9 Å². The number of piperidine rings is 2. The molecule has 1 atom stereocenters. The summed E-state index contributed by atoms with van der Waals surface area (Å²) in [5, 5.41) is 9.74. The van der Waals surface area contributed by atoms with E-state index in [9.17, 15) is 9.90 Å². The van der Waals surface area contributed by atoms with Crippen LogP contribution in [0.25, 0.3) is 0 Å². The Morgan fingerprint density at radius 2 is 1.64 bits per heavy atom. The molecular formula is C18H26N2O2. The van der Waals surface area contributed by atoms with E-state index in [-0.39, 0.29) is 18.1 Å². The third kappa shape index (κ3) is 3.50. The average molecular weight is 302 g/mol. The predicted molar refractivity (Wildman–Crippen MR) is 86.4 cm³/mol. The number of aliphatic hydroxyl groups is 1. The van der Waals surface area contributed by atoms with Crippen LogP contribution in [0.2, 0.25) is 0 Å². The van der Waals surface area contributed by atoms with Gasteiger partial charge in [0.25, 0.3) is 0 Å². The molecule has 1 amide bonds. The van der Waals surface area contributed by atoms with Crippen molar-refractivity contribution in [3.63, 3.8) is 0 Å². The Hall–Kier alpha value is -1.39. The first kappa shape index (κ1) is 15.5. The van der Waals surface area contributed by atoms with E-state index in [4.69, 9.17) is 0 Å². The fraction of sp³-hybridized carbons (Fsp3) is 0.611. The van der Waals surface area contributed by atoms with Gasteiger partial charge in [0.1, 0.15) is 6.04 Å². The minimum atomic E-state index is -0.210. The number of amides is 1. The molecule has 0 aromatic heterocycles. The van der Waals surface area contributed by atoms with Crippen LogP contribution in [0.5, 0.6) is 0 Å². The molecule has 0 radical (unpaired) electrons. The topological polar surface area (TPSA) is 43.8 Å². The summed E-state index contributed by atoms with van der Waals surface area (Å²) in [5.41, 5.74) is 1.08. The van der Waals surface area contributed by atoms with Gasteiger partial charge in [0.2, 0.25) is 5.91 Å². The molecule has 1 aromatic rings. The summed E-state index contributed by atoms with van der Waals surface area (Å²) < 4.78 is 0. The summed E-state index contributed by atoms with van der Waals surface area (Å²) in [6.45, 7) is 3.36. The number of hydrogen-bond acceptors (Lipinski definition) is 3. The van der Waals surface area contributed by atoms with Gasteiger partial charge in [-0.25, -0.2) is 0 Å². The van der Waals surface area contributed by atoms with Crippen molar-refractivity contribution >= 4 is 5.91 Å². The second-order valence-corrected chi connectivity index (χ2v) is 6.47. The molecule has 22 heavy (non-hydrogen) atoms. The molecule has 1 aromatic carbocycles. The Balaban J connectivity index is 1.81. The van der Waals surface area contributed by atoms with Gasteiger partial charge in [-0.15, -0.1) is 0 Å². The van der Waals surface area contributed by atoms with E-state index in [0.29, 0.717) is 0 Å². The van der Waals surface area contributed by atoms with Gasteiger partial charge in [0, 0.05) is 26.2 Å². The van der Waals surface area contributed by atoms with Crippen LogP contribution in [-0.4, -0.2) is 53.1 Å². The second-order valence-electron chi connectivity index (χ2n) is 6.47. The quantitative estimate of drug-likeness (QED) is 0.931. The Labute approximate surface area is 132 Å². The van der Waals surface area contributed by atoms with Crippen LogP contribution in [0, 0.1) is 0 Å². The van der Waals surface area contributed by atoms with E-state index in [1.54, 1.807) is 0 Å². The van der Waals surface area contributed by atoms with Crippen LogP contribution in [0.3, 0.4) is 0 Å². The number of hydrogen-bond donors (Lipinski definition) is 1. The zero-order chi connectivity index (χ0) is 15.4. The van der Waals surface area contributed by atoms with Gasteiger partial charge in [0.05, 0.1) is 6.10 Å². The molecule has 2 aliphatic heterocycles. The lowest BCUT2D eigenvalue weighted by Gasteiger charge is -2.39. The first-order valence-corrected chi connectivity index (χ1v) is 8.51. The summed E-state index contributed by atoms with van der Waals surface area (Å²) in [4.78, 5) is 17.4.